The molecule has 0 amide bonds. The number of anilines is 2. The van der Waals surface area contributed by atoms with E-state index in [4.69, 9.17) is 5.73 Å². The van der Waals surface area contributed by atoms with Crippen LogP contribution in [0, 0.1) is 6.92 Å². The molecule has 1 heterocycles. The average Bonchev–Trinajstić information content (AvgIpc) is 2.15. The van der Waals surface area contributed by atoms with Gasteiger partial charge in [0.1, 0.15) is 5.82 Å². The summed E-state index contributed by atoms with van der Waals surface area (Å²) >= 11 is 0. The van der Waals surface area contributed by atoms with Gasteiger partial charge in [-0.15, -0.1) is 0 Å². The van der Waals surface area contributed by atoms with Crippen molar-refractivity contribution in [1.29, 1.82) is 0 Å². The molecule has 0 aromatic carbocycles. The molecular weight excluding hydrogens is 174 g/mol. The first-order valence-corrected chi connectivity index (χ1v) is 5.20. The molecule has 0 atom stereocenters. The van der Waals surface area contributed by atoms with Crippen LogP contribution in [-0.2, 0) is 0 Å². The van der Waals surface area contributed by atoms with Gasteiger partial charge in [-0.3, -0.25) is 0 Å². The Hall–Kier alpha value is -1.25. The van der Waals surface area contributed by atoms with E-state index in [0.29, 0.717) is 0 Å². The number of nitrogen functional groups attached to an aromatic ring is 1. The molecule has 0 saturated heterocycles. The summed E-state index contributed by atoms with van der Waals surface area (Å²) in [7, 11) is 0. The van der Waals surface area contributed by atoms with E-state index in [9.17, 15) is 0 Å². The molecule has 3 heteroatoms. The minimum Gasteiger partial charge on any atom is -0.396 e. The second-order valence-corrected chi connectivity index (χ2v) is 3.58. The quantitative estimate of drug-likeness (QED) is 0.707. The standard InChI is InChI=1S/C11H19N3/c1-3-4-5-6-13-11-10(12)7-9(2)8-14-11/h7-8H,3-6,12H2,1-2H3,(H,13,14). The van der Waals surface area contributed by atoms with Crippen molar-refractivity contribution < 1.29 is 0 Å². The first-order valence-electron chi connectivity index (χ1n) is 5.20. The Morgan fingerprint density at radius 3 is 2.86 bits per heavy atom. The van der Waals surface area contributed by atoms with Crippen LogP contribution in [0.1, 0.15) is 31.7 Å². The number of pyridine rings is 1. The molecular formula is C11H19N3. The van der Waals surface area contributed by atoms with Gasteiger partial charge in [0.15, 0.2) is 0 Å². The Morgan fingerprint density at radius 2 is 2.21 bits per heavy atom. The van der Waals surface area contributed by atoms with Crippen molar-refractivity contribution in [3.63, 3.8) is 0 Å². The van der Waals surface area contributed by atoms with Gasteiger partial charge < -0.3 is 11.1 Å². The van der Waals surface area contributed by atoms with Crippen LogP contribution in [0.5, 0.6) is 0 Å². The minimum atomic E-state index is 0.737. The third kappa shape index (κ3) is 3.24. The summed E-state index contributed by atoms with van der Waals surface area (Å²) < 4.78 is 0. The van der Waals surface area contributed by atoms with Crippen LogP contribution < -0.4 is 11.1 Å². The summed E-state index contributed by atoms with van der Waals surface area (Å²) in [5.41, 5.74) is 7.65. The van der Waals surface area contributed by atoms with Gasteiger partial charge in [0.25, 0.3) is 0 Å². The molecule has 0 unspecified atom stereocenters. The summed E-state index contributed by atoms with van der Waals surface area (Å²) in [6.07, 6.45) is 5.49. The lowest BCUT2D eigenvalue weighted by Crippen LogP contribution is -2.06. The van der Waals surface area contributed by atoms with Gasteiger partial charge in [-0.2, -0.15) is 0 Å². The maximum Gasteiger partial charge on any atom is 0.149 e. The summed E-state index contributed by atoms with van der Waals surface area (Å²) in [4.78, 5) is 4.24. The van der Waals surface area contributed by atoms with E-state index in [1.54, 1.807) is 0 Å². The highest BCUT2D eigenvalue weighted by molar-refractivity contribution is 5.61. The zero-order valence-corrected chi connectivity index (χ0v) is 9.01. The van der Waals surface area contributed by atoms with Crippen molar-refractivity contribution in [2.75, 3.05) is 17.6 Å². The highest BCUT2D eigenvalue weighted by atomic mass is 15.0. The maximum absolute atomic E-state index is 5.81. The lowest BCUT2D eigenvalue weighted by molar-refractivity contribution is 0.742. The molecule has 0 fully saturated rings. The lowest BCUT2D eigenvalue weighted by Gasteiger charge is -2.07. The highest BCUT2D eigenvalue weighted by Gasteiger charge is 1.98. The molecule has 78 valence electrons. The zero-order chi connectivity index (χ0) is 10.4. The lowest BCUT2D eigenvalue weighted by atomic mass is 10.2. The minimum absolute atomic E-state index is 0.737. The van der Waals surface area contributed by atoms with Gasteiger partial charge in [-0.05, 0) is 25.0 Å². The van der Waals surface area contributed by atoms with Crippen molar-refractivity contribution in [3.05, 3.63) is 17.8 Å². The third-order valence-electron chi connectivity index (χ3n) is 2.13. The van der Waals surface area contributed by atoms with Crippen molar-refractivity contribution >= 4 is 11.5 Å². The number of aromatic nitrogens is 1. The third-order valence-corrected chi connectivity index (χ3v) is 2.13. The van der Waals surface area contributed by atoms with Gasteiger partial charge in [-0.1, -0.05) is 19.8 Å². The highest BCUT2D eigenvalue weighted by Crippen LogP contribution is 2.15. The molecule has 0 aliphatic carbocycles. The molecule has 1 rings (SSSR count). The molecule has 3 nitrogen and oxygen atoms in total. The van der Waals surface area contributed by atoms with Crippen LogP contribution in [-0.4, -0.2) is 11.5 Å². The Labute approximate surface area is 85.7 Å². The molecule has 0 spiro atoms. The molecule has 1 aromatic heterocycles. The molecule has 0 aliphatic heterocycles. The van der Waals surface area contributed by atoms with Gasteiger partial charge in [0.2, 0.25) is 0 Å². The van der Waals surface area contributed by atoms with E-state index in [1.807, 2.05) is 19.2 Å². The van der Waals surface area contributed by atoms with Gasteiger partial charge in [0.05, 0.1) is 5.69 Å². The van der Waals surface area contributed by atoms with E-state index in [1.165, 1.54) is 19.3 Å². The molecule has 0 saturated carbocycles. The Morgan fingerprint density at radius 1 is 1.43 bits per heavy atom. The number of nitrogens with two attached hydrogens (primary N) is 1. The second-order valence-electron chi connectivity index (χ2n) is 3.58. The van der Waals surface area contributed by atoms with Crippen molar-refractivity contribution in [2.45, 2.75) is 33.1 Å². The number of aryl methyl sites for hydroxylation is 1. The topological polar surface area (TPSA) is 50.9 Å². The van der Waals surface area contributed by atoms with Gasteiger partial charge in [0, 0.05) is 12.7 Å². The van der Waals surface area contributed by atoms with Gasteiger partial charge >= 0.3 is 0 Å². The number of unbranched alkanes of at least 4 members (excludes halogenated alkanes) is 2. The fourth-order valence-electron chi connectivity index (χ4n) is 1.32. The average molecular weight is 193 g/mol. The molecule has 0 bridgehead atoms. The van der Waals surface area contributed by atoms with Crippen LogP contribution >= 0.6 is 0 Å². The summed E-state index contributed by atoms with van der Waals surface area (Å²) in [6, 6.07) is 1.94. The molecule has 0 radical (unpaired) electrons. The Balaban J connectivity index is 2.42. The maximum atomic E-state index is 5.81. The summed E-state index contributed by atoms with van der Waals surface area (Å²) in [5.74, 6) is 0.812. The zero-order valence-electron chi connectivity index (χ0n) is 9.01. The molecule has 14 heavy (non-hydrogen) atoms. The Kier molecular flexibility index (Phi) is 4.23. The van der Waals surface area contributed by atoms with Crippen molar-refractivity contribution in [2.24, 2.45) is 0 Å². The van der Waals surface area contributed by atoms with Crippen molar-refractivity contribution in [3.8, 4) is 0 Å². The van der Waals surface area contributed by atoms with E-state index in [2.05, 4.69) is 17.2 Å². The fraction of sp³-hybridized carbons (Fsp3) is 0.545. The van der Waals surface area contributed by atoms with Crippen LogP contribution in [0.4, 0.5) is 11.5 Å². The summed E-state index contributed by atoms with van der Waals surface area (Å²) in [5, 5.41) is 3.24. The second kappa shape index (κ2) is 5.47. The number of nitrogens with zero attached hydrogens (tertiary/aromatic N) is 1. The van der Waals surface area contributed by atoms with Crippen LogP contribution in [0.25, 0.3) is 0 Å². The van der Waals surface area contributed by atoms with Crippen LogP contribution in [0.15, 0.2) is 12.3 Å². The number of hydrogen-bond donors (Lipinski definition) is 2. The predicted octanol–water partition coefficient (Wildman–Crippen LogP) is 2.57. The molecule has 0 aliphatic rings. The van der Waals surface area contributed by atoms with E-state index >= 15 is 0 Å². The first-order chi connectivity index (χ1) is 6.74. The van der Waals surface area contributed by atoms with Crippen LogP contribution in [0.2, 0.25) is 0 Å². The number of nitrogens with one attached hydrogen (secondary N) is 1. The number of rotatable bonds is 5. The SMILES string of the molecule is CCCCCNc1ncc(C)cc1N. The smallest absolute Gasteiger partial charge is 0.149 e. The van der Waals surface area contributed by atoms with Crippen LogP contribution in [0.3, 0.4) is 0 Å². The van der Waals surface area contributed by atoms with Crippen molar-refractivity contribution in [1.82, 2.24) is 4.98 Å². The largest absolute Gasteiger partial charge is 0.396 e. The fourth-order valence-corrected chi connectivity index (χ4v) is 1.32. The van der Waals surface area contributed by atoms with E-state index in [-0.39, 0.29) is 0 Å². The molecule has 3 N–H and O–H groups in total. The normalized spacial score (nSPS) is 10.1. The predicted molar refractivity (Wildman–Crippen MR) is 61.4 cm³/mol. The van der Waals surface area contributed by atoms with E-state index < -0.39 is 0 Å². The van der Waals surface area contributed by atoms with E-state index in [0.717, 1.165) is 23.6 Å². The molecule has 1 aromatic rings. The Bertz CT molecular complexity index is 284. The monoisotopic (exact) mass is 193 g/mol. The van der Waals surface area contributed by atoms with Gasteiger partial charge in [-0.25, -0.2) is 4.98 Å². The summed E-state index contributed by atoms with van der Waals surface area (Å²) in [6.45, 7) is 5.14. The first kappa shape index (κ1) is 10.8. The number of hydrogen-bond acceptors (Lipinski definition) is 3.